The SMILES string of the molecule is C.C.C/C=C/C=C\CCC(=O)OCC.C/C=C/C=C\CCC=O. The third-order valence-corrected chi connectivity index (χ3v) is 2.15. The van der Waals surface area contributed by atoms with Gasteiger partial charge in [0.05, 0.1) is 6.61 Å². The molecule has 0 saturated carbocycles. The predicted molar refractivity (Wildman–Crippen MR) is 103 cm³/mol. The number of unbranched alkanes of at least 4 members (excludes halogenated alkanes) is 1. The molecule has 23 heavy (non-hydrogen) atoms. The zero-order valence-electron chi connectivity index (χ0n) is 13.5. The maximum Gasteiger partial charge on any atom is 0.306 e. The Labute approximate surface area is 143 Å². The molecule has 0 aliphatic rings. The van der Waals surface area contributed by atoms with Crippen LogP contribution >= 0.6 is 0 Å². The molecule has 0 aromatic carbocycles. The molecule has 3 heteroatoms. The Morgan fingerprint density at radius 1 is 0.870 bits per heavy atom. The van der Waals surface area contributed by atoms with E-state index in [4.69, 9.17) is 4.74 Å². The zero-order valence-corrected chi connectivity index (χ0v) is 13.5. The van der Waals surface area contributed by atoms with Gasteiger partial charge in [-0.25, -0.2) is 0 Å². The fourth-order valence-electron chi connectivity index (χ4n) is 1.17. The summed E-state index contributed by atoms with van der Waals surface area (Å²) in [4.78, 5) is 20.6. The highest BCUT2D eigenvalue weighted by Gasteiger charge is 1.96. The summed E-state index contributed by atoms with van der Waals surface area (Å²) in [7, 11) is 0. The molecule has 3 nitrogen and oxygen atoms in total. The highest BCUT2D eigenvalue weighted by Crippen LogP contribution is 1.94. The molecule has 0 heterocycles. The van der Waals surface area contributed by atoms with Crippen molar-refractivity contribution in [3.8, 4) is 0 Å². The van der Waals surface area contributed by atoms with Crippen molar-refractivity contribution in [3.05, 3.63) is 48.6 Å². The first-order valence-corrected chi connectivity index (χ1v) is 7.37. The molecule has 0 aromatic heterocycles. The van der Waals surface area contributed by atoms with E-state index < -0.39 is 0 Å². The van der Waals surface area contributed by atoms with Gasteiger partial charge < -0.3 is 9.53 Å². The minimum absolute atomic E-state index is 0. The van der Waals surface area contributed by atoms with Crippen molar-refractivity contribution in [2.75, 3.05) is 6.61 Å². The first kappa shape index (κ1) is 29.2. The van der Waals surface area contributed by atoms with E-state index in [2.05, 4.69) is 0 Å². The lowest BCUT2D eigenvalue weighted by molar-refractivity contribution is -0.143. The van der Waals surface area contributed by atoms with Gasteiger partial charge in [0.25, 0.3) is 0 Å². The van der Waals surface area contributed by atoms with Crippen molar-refractivity contribution < 1.29 is 14.3 Å². The average molecular weight is 325 g/mol. The van der Waals surface area contributed by atoms with Gasteiger partial charge >= 0.3 is 5.97 Å². The van der Waals surface area contributed by atoms with Crippen LogP contribution in [0.15, 0.2) is 48.6 Å². The molecule has 0 unspecified atom stereocenters. The normalized spacial score (nSPS) is 10.2. The van der Waals surface area contributed by atoms with Crippen LogP contribution in [0.2, 0.25) is 0 Å². The van der Waals surface area contributed by atoms with E-state index in [1.165, 1.54) is 0 Å². The number of esters is 1. The topological polar surface area (TPSA) is 43.4 Å². The van der Waals surface area contributed by atoms with E-state index in [9.17, 15) is 9.59 Å². The first-order chi connectivity index (χ1) is 10.2. The Morgan fingerprint density at radius 2 is 1.39 bits per heavy atom. The molecule has 0 fully saturated rings. The first-order valence-electron chi connectivity index (χ1n) is 7.37. The molecule has 0 N–H and O–H groups in total. The van der Waals surface area contributed by atoms with Gasteiger partial charge in [-0.2, -0.15) is 0 Å². The van der Waals surface area contributed by atoms with Crippen LogP contribution in [0.3, 0.4) is 0 Å². The van der Waals surface area contributed by atoms with E-state index in [0.29, 0.717) is 19.4 Å². The van der Waals surface area contributed by atoms with E-state index >= 15 is 0 Å². The molecule has 0 saturated heterocycles. The Morgan fingerprint density at radius 3 is 1.83 bits per heavy atom. The van der Waals surface area contributed by atoms with E-state index in [-0.39, 0.29) is 20.8 Å². The monoisotopic (exact) mass is 324 g/mol. The molecule has 0 aliphatic carbocycles. The highest BCUT2D eigenvalue weighted by atomic mass is 16.5. The van der Waals surface area contributed by atoms with Crippen LogP contribution in [0.4, 0.5) is 0 Å². The number of hydrogen-bond acceptors (Lipinski definition) is 3. The largest absolute Gasteiger partial charge is 0.466 e. The van der Waals surface area contributed by atoms with Crippen LogP contribution in [-0.4, -0.2) is 18.9 Å². The number of allylic oxidation sites excluding steroid dienone is 8. The maximum absolute atomic E-state index is 10.8. The lowest BCUT2D eigenvalue weighted by Crippen LogP contribution is -2.02. The van der Waals surface area contributed by atoms with Gasteiger partial charge in [-0.1, -0.05) is 63.5 Å². The molecule has 0 atom stereocenters. The maximum atomic E-state index is 10.8. The zero-order chi connectivity index (χ0) is 16.2. The molecular weight excluding hydrogens is 288 g/mol. The number of carbonyl (C=O) groups excluding carboxylic acids is 2. The number of carbonyl (C=O) groups is 2. The van der Waals surface area contributed by atoms with Gasteiger partial charge in [0, 0.05) is 12.8 Å². The number of aldehydes is 1. The van der Waals surface area contributed by atoms with Crippen LogP contribution in [0.1, 0.15) is 61.3 Å². The molecule has 0 spiro atoms. The summed E-state index contributed by atoms with van der Waals surface area (Å²) in [6, 6.07) is 0. The Bertz CT molecular complexity index is 350. The third kappa shape index (κ3) is 33.1. The van der Waals surface area contributed by atoms with Crippen molar-refractivity contribution in [1.82, 2.24) is 0 Å². The lowest BCUT2D eigenvalue weighted by Gasteiger charge is -1.97. The Balaban J connectivity index is -0.000000149. The van der Waals surface area contributed by atoms with Crippen LogP contribution < -0.4 is 0 Å². The summed E-state index contributed by atoms with van der Waals surface area (Å²) >= 11 is 0. The van der Waals surface area contributed by atoms with Gasteiger partial charge in [0.1, 0.15) is 6.29 Å². The Kier molecular flexibility index (Phi) is 35.9. The van der Waals surface area contributed by atoms with E-state index in [1.54, 1.807) is 0 Å². The number of hydrogen-bond donors (Lipinski definition) is 0. The molecule has 0 bridgehead atoms. The number of ether oxygens (including phenoxy) is 1. The van der Waals surface area contributed by atoms with Crippen LogP contribution in [0.25, 0.3) is 0 Å². The van der Waals surface area contributed by atoms with Crippen LogP contribution in [-0.2, 0) is 14.3 Å². The summed E-state index contributed by atoms with van der Waals surface area (Å²) in [5.41, 5.74) is 0. The second-order valence-corrected chi connectivity index (χ2v) is 4.00. The fraction of sp³-hybridized carbons (Fsp3) is 0.500. The van der Waals surface area contributed by atoms with Crippen molar-refractivity contribution in [1.29, 1.82) is 0 Å². The smallest absolute Gasteiger partial charge is 0.306 e. The standard InChI is InChI=1S/C10H16O2.C8H12O.2CH4/c1-3-5-6-7-8-9-10(11)12-4-2;1-2-3-4-5-6-7-8-9;;/h3,5-7H,4,8-9H2,1-2H3;2-5,8H,6-7H2,1H3;2*1H4/b5-3+,7-6-;3-2+,5-4-;;. The van der Waals surface area contributed by atoms with Gasteiger partial charge in [-0.15, -0.1) is 0 Å². The second-order valence-electron chi connectivity index (χ2n) is 4.00. The number of rotatable bonds is 9. The van der Waals surface area contributed by atoms with Crippen molar-refractivity contribution >= 4 is 12.3 Å². The molecule has 134 valence electrons. The van der Waals surface area contributed by atoms with E-state index in [1.807, 2.05) is 69.4 Å². The predicted octanol–water partition coefficient (Wildman–Crippen LogP) is 5.83. The summed E-state index contributed by atoms with van der Waals surface area (Å²) in [5, 5.41) is 0. The second kappa shape index (κ2) is 28.3. The van der Waals surface area contributed by atoms with Crippen LogP contribution in [0, 0.1) is 0 Å². The molecule has 0 rings (SSSR count). The molecule has 0 aromatic rings. The molecule has 0 aliphatic heterocycles. The van der Waals surface area contributed by atoms with Crippen LogP contribution in [0.5, 0.6) is 0 Å². The molecule has 0 amide bonds. The molecular formula is C20H36O3. The van der Waals surface area contributed by atoms with Gasteiger partial charge in [0.2, 0.25) is 0 Å². The third-order valence-electron chi connectivity index (χ3n) is 2.15. The average Bonchev–Trinajstić information content (AvgIpc) is 2.48. The van der Waals surface area contributed by atoms with Gasteiger partial charge in [0.15, 0.2) is 0 Å². The lowest BCUT2D eigenvalue weighted by atomic mass is 10.3. The summed E-state index contributed by atoms with van der Waals surface area (Å²) < 4.78 is 4.76. The fourth-order valence-corrected chi connectivity index (χ4v) is 1.17. The van der Waals surface area contributed by atoms with Gasteiger partial charge in [-0.05, 0) is 33.6 Å². The van der Waals surface area contributed by atoms with Gasteiger partial charge in [-0.3, -0.25) is 4.79 Å². The summed E-state index contributed by atoms with van der Waals surface area (Å²) in [6.45, 7) is 6.20. The minimum Gasteiger partial charge on any atom is -0.466 e. The van der Waals surface area contributed by atoms with Crippen molar-refractivity contribution in [3.63, 3.8) is 0 Å². The minimum atomic E-state index is -0.123. The van der Waals surface area contributed by atoms with E-state index in [0.717, 1.165) is 19.1 Å². The molecule has 0 radical (unpaired) electrons. The highest BCUT2D eigenvalue weighted by molar-refractivity contribution is 5.69. The van der Waals surface area contributed by atoms with Crippen molar-refractivity contribution in [2.45, 2.75) is 61.3 Å². The quantitative estimate of drug-likeness (QED) is 0.232. The summed E-state index contributed by atoms with van der Waals surface area (Å²) in [6.07, 6.45) is 19.2. The summed E-state index contributed by atoms with van der Waals surface area (Å²) in [5.74, 6) is -0.123. The Hall–Kier alpha value is -1.90. The van der Waals surface area contributed by atoms with Crippen molar-refractivity contribution in [2.24, 2.45) is 0 Å².